The number of carbonyl (C=O) groups excluding carboxylic acids is 1. The third kappa shape index (κ3) is 4.86. The number of amides is 2. The lowest BCUT2D eigenvalue weighted by molar-refractivity contribution is 0.246. The zero-order valence-corrected chi connectivity index (χ0v) is 16.8. The molecule has 6 heteroatoms. The zero-order valence-electron chi connectivity index (χ0n) is 16.0. The van der Waals surface area contributed by atoms with Gasteiger partial charge in [-0.3, -0.25) is 4.90 Å². The van der Waals surface area contributed by atoms with E-state index in [0.717, 1.165) is 33.6 Å². The number of benzene rings is 1. The van der Waals surface area contributed by atoms with Crippen LogP contribution < -0.4 is 10.2 Å². The number of nitrogens with zero attached hydrogens (tertiary/aromatic N) is 3. The van der Waals surface area contributed by atoms with Crippen LogP contribution in [0.2, 0.25) is 0 Å². The molecule has 1 aromatic carbocycles. The molecule has 1 aliphatic carbocycles. The highest BCUT2D eigenvalue weighted by Crippen LogP contribution is 2.34. The minimum Gasteiger partial charge on any atom is -0.338 e. The molecular formula is C21H26N4OS. The maximum absolute atomic E-state index is 12.7. The minimum absolute atomic E-state index is 0.126. The molecule has 0 aliphatic heterocycles. The zero-order chi connectivity index (χ0) is 19.2. The van der Waals surface area contributed by atoms with Crippen molar-refractivity contribution in [2.45, 2.75) is 52.5 Å². The van der Waals surface area contributed by atoms with Crippen LogP contribution in [0.15, 0.2) is 24.3 Å². The Labute approximate surface area is 165 Å². The van der Waals surface area contributed by atoms with Crippen molar-refractivity contribution in [2.75, 3.05) is 11.4 Å². The quantitative estimate of drug-likeness (QED) is 0.781. The molecule has 0 atom stereocenters. The largest absolute Gasteiger partial charge is 0.338 e. The van der Waals surface area contributed by atoms with E-state index in [1.54, 1.807) is 22.3 Å². The van der Waals surface area contributed by atoms with E-state index in [1.165, 1.54) is 25.7 Å². The van der Waals surface area contributed by atoms with Crippen molar-refractivity contribution in [3.05, 3.63) is 46.1 Å². The monoisotopic (exact) mass is 382 g/mol. The Morgan fingerprint density at radius 3 is 2.89 bits per heavy atom. The van der Waals surface area contributed by atoms with E-state index in [4.69, 9.17) is 10.2 Å². The number of nitriles is 1. The number of hydrogen-bond donors (Lipinski definition) is 1. The molecule has 1 heterocycles. The van der Waals surface area contributed by atoms with E-state index in [0.29, 0.717) is 18.7 Å². The topological polar surface area (TPSA) is 69.0 Å². The van der Waals surface area contributed by atoms with Crippen molar-refractivity contribution >= 4 is 22.4 Å². The van der Waals surface area contributed by atoms with Crippen LogP contribution in [0.4, 0.5) is 9.80 Å². The summed E-state index contributed by atoms with van der Waals surface area (Å²) in [5.41, 5.74) is 2.44. The van der Waals surface area contributed by atoms with Crippen LogP contribution in [0, 0.1) is 24.2 Å². The smallest absolute Gasteiger partial charge is 0.322 e. The lowest BCUT2D eigenvalue weighted by Gasteiger charge is -2.22. The Morgan fingerprint density at radius 2 is 2.19 bits per heavy atom. The first-order chi connectivity index (χ1) is 13.1. The van der Waals surface area contributed by atoms with Crippen molar-refractivity contribution < 1.29 is 4.79 Å². The predicted octanol–water partition coefficient (Wildman–Crippen LogP) is 4.79. The Kier molecular flexibility index (Phi) is 6.46. The average molecular weight is 383 g/mol. The van der Waals surface area contributed by atoms with Crippen molar-refractivity contribution in [1.82, 2.24) is 10.3 Å². The first-order valence-electron chi connectivity index (χ1n) is 9.61. The number of aryl methyl sites for hydroxylation is 1. The molecule has 1 aromatic heterocycles. The highest BCUT2D eigenvalue weighted by Gasteiger charge is 2.23. The van der Waals surface area contributed by atoms with Gasteiger partial charge in [-0.1, -0.05) is 37.8 Å². The summed E-state index contributed by atoms with van der Waals surface area (Å²) in [6.07, 6.45) is 6.23. The summed E-state index contributed by atoms with van der Waals surface area (Å²) < 4.78 is 0. The van der Waals surface area contributed by atoms with Gasteiger partial charge in [-0.15, -0.1) is 11.3 Å². The summed E-state index contributed by atoms with van der Waals surface area (Å²) in [5.74, 6) is 0.730. The number of hydrogen-bond acceptors (Lipinski definition) is 4. The summed E-state index contributed by atoms with van der Waals surface area (Å²) in [7, 11) is 0. The van der Waals surface area contributed by atoms with Gasteiger partial charge in [-0.05, 0) is 37.5 Å². The molecule has 3 rings (SSSR count). The molecule has 0 bridgehead atoms. The molecule has 0 spiro atoms. The molecule has 142 valence electrons. The summed E-state index contributed by atoms with van der Waals surface area (Å²) in [4.78, 5) is 19.2. The van der Waals surface area contributed by atoms with Crippen LogP contribution >= 0.6 is 11.3 Å². The molecule has 0 radical (unpaired) electrons. The minimum atomic E-state index is -0.126. The van der Waals surface area contributed by atoms with E-state index in [-0.39, 0.29) is 6.03 Å². The Hall–Kier alpha value is -2.39. The standard InChI is InChI=1S/C21H26N4OS/c1-3-23-21(26)25(14-18-10-6-9-17(11-18)13-22)20-15(2)24-19(27-20)12-16-7-4-5-8-16/h6,9-11,16H,3-5,7-8,12,14H2,1-2H3,(H,23,26). The van der Waals surface area contributed by atoms with Gasteiger partial charge in [0, 0.05) is 13.0 Å². The van der Waals surface area contributed by atoms with Gasteiger partial charge in [0.1, 0.15) is 5.00 Å². The molecular weight excluding hydrogens is 356 g/mol. The molecule has 1 N–H and O–H groups in total. The Bertz CT molecular complexity index is 833. The lowest BCUT2D eigenvalue weighted by atomic mass is 10.1. The van der Waals surface area contributed by atoms with Crippen molar-refractivity contribution in [3.8, 4) is 6.07 Å². The Morgan fingerprint density at radius 1 is 1.41 bits per heavy atom. The van der Waals surface area contributed by atoms with E-state index < -0.39 is 0 Å². The number of carbonyl (C=O) groups is 1. The molecule has 2 amide bonds. The number of anilines is 1. The molecule has 0 saturated heterocycles. The fourth-order valence-corrected chi connectivity index (χ4v) is 4.82. The van der Waals surface area contributed by atoms with Gasteiger partial charge in [0.15, 0.2) is 0 Å². The summed E-state index contributed by atoms with van der Waals surface area (Å²) in [6, 6.07) is 9.45. The number of urea groups is 1. The second-order valence-electron chi connectivity index (χ2n) is 7.09. The number of nitrogens with one attached hydrogen (secondary N) is 1. The van der Waals surface area contributed by atoms with Gasteiger partial charge in [0.25, 0.3) is 0 Å². The van der Waals surface area contributed by atoms with Crippen LogP contribution in [0.25, 0.3) is 0 Å². The van der Waals surface area contributed by atoms with Gasteiger partial charge in [-0.2, -0.15) is 5.26 Å². The summed E-state index contributed by atoms with van der Waals surface area (Å²) in [5, 5.41) is 14.1. The highest BCUT2D eigenvalue weighted by atomic mass is 32.1. The Balaban J connectivity index is 1.85. The van der Waals surface area contributed by atoms with E-state index in [2.05, 4.69) is 11.4 Å². The number of thiazole rings is 1. The highest BCUT2D eigenvalue weighted by molar-refractivity contribution is 7.16. The summed E-state index contributed by atoms with van der Waals surface area (Å²) in [6.45, 7) is 4.88. The third-order valence-electron chi connectivity index (χ3n) is 4.97. The molecule has 1 fully saturated rings. The van der Waals surface area contributed by atoms with Gasteiger partial charge in [0.2, 0.25) is 0 Å². The molecule has 5 nitrogen and oxygen atoms in total. The second kappa shape index (κ2) is 9.01. The summed E-state index contributed by atoms with van der Waals surface area (Å²) >= 11 is 1.63. The maximum Gasteiger partial charge on any atom is 0.322 e. The fraction of sp³-hybridized carbons (Fsp3) is 0.476. The van der Waals surface area contributed by atoms with Gasteiger partial charge in [0.05, 0.1) is 28.9 Å². The second-order valence-corrected chi connectivity index (χ2v) is 8.15. The maximum atomic E-state index is 12.7. The van der Waals surface area contributed by atoms with Crippen LogP contribution in [0.1, 0.15) is 54.4 Å². The SMILES string of the molecule is CCNC(=O)N(Cc1cccc(C#N)c1)c1sc(CC2CCCC2)nc1C. The normalized spacial score (nSPS) is 14.1. The van der Waals surface area contributed by atoms with Gasteiger partial charge >= 0.3 is 6.03 Å². The van der Waals surface area contributed by atoms with Crippen LogP contribution in [0.3, 0.4) is 0 Å². The van der Waals surface area contributed by atoms with Crippen molar-refractivity contribution in [1.29, 1.82) is 5.26 Å². The third-order valence-corrected chi connectivity index (χ3v) is 6.17. The molecule has 27 heavy (non-hydrogen) atoms. The molecule has 1 saturated carbocycles. The van der Waals surface area contributed by atoms with E-state index in [9.17, 15) is 4.79 Å². The molecule has 0 unspecified atom stereocenters. The van der Waals surface area contributed by atoms with Crippen molar-refractivity contribution in [2.24, 2.45) is 5.92 Å². The molecule has 2 aromatic rings. The van der Waals surface area contributed by atoms with Crippen LogP contribution in [-0.2, 0) is 13.0 Å². The van der Waals surface area contributed by atoms with Gasteiger partial charge in [-0.25, -0.2) is 9.78 Å². The van der Waals surface area contributed by atoms with Gasteiger partial charge < -0.3 is 5.32 Å². The lowest BCUT2D eigenvalue weighted by Crippen LogP contribution is -2.39. The first-order valence-corrected chi connectivity index (χ1v) is 10.4. The van der Waals surface area contributed by atoms with E-state index in [1.807, 2.05) is 32.0 Å². The van der Waals surface area contributed by atoms with Crippen LogP contribution in [-0.4, -0.2) is 17.6 Å². The molecule has 1 aliphatic rings. The number of rotatable bonds is 6. The predicted molar refractivity (Wildman–Crippen MR) is 109 cm³/mol. The number of aromatic nitrogens is 1. The fourth-order valence-electron chi connectivity index (χ4n) is 3.65. The first kappa shape index (κ1) is 19.4. The van der Waals surface area contributed by atoms with E-state index >= 15 is 0 Å². The average Bonchev–Trinajstić information content (AvgIpc) is 3.30. The van der Waals surface area contributed by atoms with Crippen LogP contribution in [0.5, 0.6) is 0 Å². The van der Waals surface area contributed by atoms with Crippen molar-refractivity contribution in [3.63, 3.8) is 0 Å².